The van der Waals surface area contributed by atoms with Gasteiger partial charge in [0.1, 0.15) is 11.6 Å². The molecule has 3 heterocycles. The number of benzene rings is 1. The van der Waals surface area contributed by atoms with Gasteiger partial charge < -0.3 is 10.2 Å². The third-order valence-corrected chi connectivity index (χ3v) is 5.94. The van der Waals surface area contributed by atoms with E-state index in [2.05, 4.69) is 20.5 Å². The van der Waals surface area contributed by atoms with E-state index in [0.29, 0.717) is 30.2 Å². The normalized spacial score (nSPS) is 14.8. The molecule has 0 bridgehead atoms. The molecule has 0 aliphatic carbocycles. The summed E-state index contributed by atoms with van der Waals surface area (Å²) in [7, 11) is 0. The topological polar surface area (TPSA) is 75.4 Å². The van der Waals surface area contributed by atoms with Crippen LogP contribution in [0.3, 0.4) is 0 Å². The molecule has 1 aliphatic rings. The molecule has 170 valence electrons. The number of aromatic nitrogens is 4. The van der Waals surface area contributed by atoms with Gasteiger partial charge in [-0.25, -0.2) is 0 Å². The molecule has 2 aromatic heterocycles. The summed E-state index contributed by atoms with van der Waals surface area (Å²) in [4.78, 5) is 18.4. The lowest BCUT2D eigenvalue weighted by Crippen LogP contribution is -2.22. The van der Waals surface area contributed by atoms with E-state index >= 15 is 0 Å². The Morgan fingerprint density at radius 2 is 1.88 bits per heavy atom. The van der Waals surface area contributed by atoms with Crippen LogP contribution < -0.4 is 5.32 Å². The number of alkyl halides is 3. The van der Waals surface area contributed by atoms with Crippen molar-refractivity contribution in [1.82, 2.24) is 24.5 Å². The first-order valence-corrected chi connectivity index (χ1v) is 10.4. The first-order chi connectivity index (χ1) is 15.0. The zero-order valence-electron chi connectivity index (χ0n) is 18.6. The van der Waals surface area contributed by atoms with Crippen LogP contribution in [0.1, 0.15) is 73.4 Å². The summed E-state index contributed by atoms with van der Waals surface area (Å²) in [5, 5.41) is 11.7. The Kier molecular flexibility index (Phi) is 5.34. The molecule has 10 heteroatoms. The molecule has 0 saturated heterocycles. The number of carbonyl (C=O) groups excluding carboxylic acids is 1. The average Bonchev–Trinajstić information content (AvgIpc) is 3.31. The molecule has 1 aliphatic heterocycles. The van der Waals surface area contributed by atoms with E-state index in [1.165, 1.54) is 19.9 Å². The molecule has 1 aromatic carbocycles. The maximum absolute atomic E-state index is 13.4. The molecule has 1 atom stereocenters. The number of nitrogens with one attached hydrogen (secondary N) is 1. The van der Waals surface area contributed by atoms with Crippen molar-refractivity contribution < 1.29 is 18.0 Å². The average molecular weight is 446 g/mol. The number of halogens is 3. The van der Waals surface area contributed by atoms with Gasteiger partial charge in [-0.3, -0.25) is 9.20 Å². The number of hydrogen-bond acceptors (Lipinski definition) is 5. The first kappa shape index (κ1) is 22.0. The molecule has 0 radical (unpaired) electrons. The van der Waals surface area contributed by atoms with Crippen LogP contribution in [0.15, 0.2) is 18.2 Å². The Morgan fingerprint density at radius 3 is 2.50 bits per heavy atom. The Bertz CT molecular complexity index is 1200. The molecular weight excluding hydrogens is 421 g/mol. The maximum Gasteiger partial charge on any atom is 0.416 e. The summed E-state index contributed by atoms with van der Waals surface area (Å²) < 4.78 is 42.0. The van der Waals surface area contributed by atoms with Crippen molar-refractivity contribution in [3.63, 3.8) is 0 Å². The fourth-order valence-electron chi connectivity index (χ4n) is 4.25. The molecule has 1 amide bonds. The quantitative estimate of drug-likeness (QED) is 0.634. The van der Waals surface area contributed by atoms with Crippen LogP contribution >= 0.6 is 0 Å². The van der Waals surface area contributed by atoms with Gasteiger partial charge >= 0.3 is 6.18 Å². The second-order valence-corrected chi connectivity index (χ2v) is 8.49. The van der Waals surface area contributed by atoms with E-state index in [4.69, 9.17) is 0 Å². The third-order valence-electron chi connectivity index (χ3n) is 5.94. The number of fused-ring (bicyclic) bond motifs is 3. The molecule has 32 heavy (non-hydrogen) atoms. The second kappa shape index (κ2) is 7.75. The zero-order chi connectivity index (χ0) is 23.4. The Balaban J connectivity index is 1.78. The van der Waals surface area contributed by atoms with Crippen LogP contribution in [0.5, 0.6) is 0 Å². The van der Waals surface area contributed by atoms with Gasteiger partial charge in [0.2, 0.25) is 5.91 Å². The van der Waals surface area contributed by atoms with Gasteiger partial charge in [-0.1, -0.05) is 26.0 Å². The number of amides is 1. The lowest BCUT2D eigenvalue weighted by atomic mass is 9.97. The minimum absolute atomic E-state index is 0.0683. The molecule has 3 aromatic rings. The number of hydrogen-bond donors (Lipinski definition) is 1. The molecule has 0 fully saturated rings. The molecular formula is C22H25F3N6O. The van der Waals surface area contributed by atoms with Crippen molar-refractivity contribution in [2.24, 2.45) is 0 Å². The van der Waals surface area contributed by atoms with Crippen molar-refractivity contribution in [1.29, 1.82) is 0 Å². The third kappa shape index (κ3) is 3.67. The van der Waals surface area contributed by atoms with E-state index in [-0.39, 0.29) is 17.4 Å². The lowest BCUT2D eigenvalue weighted by Gasteiger charge is -2.21. The molecule has 0 saturated carbocycles. The summed E-state index contributed by atoms with van der Waals surface area (Å²) in [5.41, 5.74) is 1.74. The zero-order valence-corrected chi connectivity index (χ0v) is 18.6. The Labute approximate surface area is 183 Å². The fraction of sp³-hybridized carbons (Fsp3) is 0.455. The highest BCUT2D eigenvalue weighted by Gasteiger charge is 2.34. The van der Waals surface area contributed by atoms with E-state index in [0.717, 1.165) is 23.1 Å². The molecule has 0 spiro atoms. The van der Waals surface area contributed by atoms with E-state index in [1.807, 2.05) is 18.2 Å². The van der Waals surface area contributed by atoms with Crippen LogP contribution in [-0.2, 0) is 24.1 Å². The van der Waals surface area contributed by atoms with Gasteiger partial charge in [0.25, 0.3) is 5.78 Å². The Morgan fingerprint density at radius 1 is 1.16 bits per heavy atom. The largest absolute Gasteiger partial charge is 0.416 e. The van der Waals surface area contributed by atoms with Gasteiger partial charge in [0.15, 0.2) is 0 Å². The molecule has 4 rings (SSSR count). The minimum atomic E-state index is -4.42. The molecule has 7 nitrogen and oxygen atoms in total. The summed E-state index contributed by atoms with van der Waals surface area (Å²) in [6.45, 7) is 9.54. The van der Waals surface area contributed by atoms with Crippen LogP contribution in [-0.4, -0.2) is 30.4 Å². The molecule has 0 unspecified atom stereocenters. The number of nitrogens with zero attached hydrogens (tertiary/aromatic N) is 5. The number of carbonyl (C=O) groups is 1. The predicted octanol–water partition coefficient (Wildman–Crippen LogP) is 4.61. The monoisotopic (exact) mass is 446 g/mol. The highest BCUT2D eigenvalue weighted by Crippen LogP contribution is 2.36. The van der Waals surface area contributed by atoms with Crippen molar-refractivity contribution >= 4 is 17.5 Å². The standard InChI is InChI=1S/C22H25F3N6O/c1-11(2)20-28-29-21-27-19(16-9-30(14(5)32)10-18(16)31(20)21)26-13(4)15-7-6-8-17(12(15)3)22(23,24)25/h6-8,11,13H,9-10H2,1-5H3,(H,26,27,29)/t13-/m1/s1. The van der Waals surface area contributed by atoms with Crippen molar-refractivity contribution in [2.45, 2.75) is 65.8 Å². The van der Waals surface area contributed by atoms with Crippen molar-refractivity contribution in [3.05, 3.63) is 52.0 Å². The van der Waals surface area contributed by atoms with E-state index < -0.39 is 17.8 Å². The van der Waals surface area contributed by atoms with E-state index in [1.54, 1.807) is 17.9 Å². The Hall–Kier alpha value is -3.17. The lowest BCUT2D eigenvalue weighted by molar-refractivity contribution is -0.138. The SMILES string of the molecule is CC(=O)N1Cc2c(N[C@H](C)c3cccc(C(F)(F)F)c3C)nc3nnc(C(C)C)n3c2C1. The first-order valence-electron chi connectivity index (χ1n) is 10.4. The predicted molar refractivity (Wildman–Crippen MR) is 113 cm³/mol. The van der Waals surface area contributed by atoms with Crippen molar-refractivity contribution in [3.8, 4) is 0 Å². The van der Waals surface area contributed by atoms with Gasteiger partial charge in [-0.2, -0.15) is 18.2 Å². The summed E-state index contributed by atoms with van der Waals surface area (Å²) >= 11 is 0. The minimum Gasteiger partial charge on any atom is -0.363 e. The second-order valence-electron chi connectivity index (χ2n) is 8.49. The van der Waals surface area contributed by atoms with Crippen LogP contribution in [0.4, 0.5) is 19.0 Å². The maximum atomic E-state index is 13.4. The summed E-state index contributed by atoms with van der Waals surface area (Å²) in [6, 6.07) is 3.73. The van der Waals surface area contributed by atoms with Gasteiger partial charge in [-0.05, 0) is 31.0 Å². The van der Waals surface area contributed by atoms with Crippen LogP contribution in [0.25, 0.3) is 5.78 Å². The smallest absolute Gasteiger partial charge is 0.363 e. The van der Waals surface area contributed by atoms with Gasteiger partial charge in [-0.15, -0.1) is 10.2 Å². The fourth-order valence-corrected chi connectivity index (χ4v) is 4.25. The highest BCUT2D eigenvalue weighted by molar-refractivity contribution is 5.75. The number of rotatable bonds is 4. The number of anilines is 1. The summed E-state index contributed by atoms with van der Waals surface area (Å²) in [5.74, 6) is 1.69. The van der Waals surface area contributed by atoms with Gasteiger partial charge in [0.05, 0.1) is 30.4 Å². The van der Waals surface area contributed by atoms with Crippen LogP contribution in [0, 0.1) is 6.92 Å². The van der Waals surface area contributed by atoms with E-state index in [9.17, 15) is 18.0 Å². The highest BCUT2D eigenvalue weighted by atomic mass is 19.4. The van der Waals surface area contributed by atoms with Gasteiger partial charge in [0, 0.05) is 18.4 Å². The van der Waals surface area contributed by atoms with Crippen LogP contribution in [0.2, 0.25) is 0 Å². The van der Waals surface area contributed by atoms with Crippen molar-refractivity contribution in [2.75, 3.05) is 5.32 Å². The molecule has 1 N–H and O–H groups in total. The summed E-state index contributed by atoms with van der Waals surface area (Å²) in [6.07, 6.45) is -4.42.